The van der Waals surface area contributed by atoms with Crippen molar-refractivity contribution in [3.63, 3.8) is 0 Å². The van der Waals surface area contributed by atoms with Crippen LogP contribution in [0.5, 0.6) is 0 Å². The summed E-state index contributed by atoms with van der Waals surface area (Å²) in [7, 11) is 0. The Kier molecular flexibility index (Phi) is 11.6. The molecule has 0 atom stereocenters. The van der Waals surface area contributed by atoms with E-state index in [1.54, 1.807) is 0 Å². The average Bonchev–Trinajstić information content (AvgIpc) is 3.28. The van der Waals surface area contributed by atoms with Gasteiger partial charge >= 0.3 is 0 Å². The Balaban J connectivity index is 0.000000576. The Bertz CT molecular complexity index is 3230. The van der Waals surface area contributed by atoms with Crippen LogP contribution in [0.25, 0.3) is 98.9 Å². The van der Waals surface area contributed by atoms with Gasteiger partial charge in [-0.2, -0.15) is 0 Å². The van der Waals surface area contributed by atoms with Gasteiger partial charge in [0.05, 0.1) is 5.76 Å². The molecule has 0 aliphatic rings. The minimum Gasteiger partial charge on any atom is -0.512 e. The van der Waals surface area contributed by atoms with Gasteiger partial charge in [0.1, 0.15) is 0 Å². The van der Waals surface area contributed by atoms with E-state index >= 15 is 0 Å². The van der Waals surface area contributed by atoms with Gasteiger partial charge in [0, 0.05) is 32.4 Å². The third-order valence-corrected chi connectivity index (χ3v) is 10.8. The first kappa shape index (κ1) is 39.8. The Morgan fingerprint density at radius 1 is 0.500 bits per heavy atom. The van der Waals surface area contributed by atoms with Gasteiger partial charge < -0.3 is 10.1 Å². The summed E-state index contributed by atoms with van der Waals surface area (Å²) in [6.45, 7) is 2.85. The van der Waals surface area contributed by atoms with E-state index in [1.165, 1.54) is 91.0 Å². The standard InChI is InChI=1S/C51H32N.C5H8O2.Ir/c1-3-13-37-30-42(24-22-34(37)10-1)45-26-27-47(50-46(20-9-21-49(45)50)43-25-23-35-11-2-4-14-38(35)31-43)41-17-7-15-39(32-41)40-16-8-18-44(33-40)51-48-19-6-5-12-36(48)28-29-52-51;1-4(6)3-5(2)7;/h1-17,19-33H;3,6H,1-2H3;/q-1;;/b;4-3-;. The van der Waals surface area contributed by atoms with Gasteiger partial charge in [-0.1, -0.05) is 146 Å². The molecule has 9 aromatic carbocycles. The fraction of sp³-hybridized carbons (Fsp3) is 0.0357. The number of hydrogen-bond acceptors (Lipinski definition) is 3. The summed E-state index contributed by atoms with van der Waals surface area (Å²) in [5.74, 6) is -0.0625. The van der Waals surface area contributed by atoms with Crippen molar-refractivity contribution in [3.05, 3.63) is 212 Å². The van der Waals surface area contributed by atoms with Crippen molar-refractivity contribution in [2.24, 2.45) is 0 Å². The number of aliphatic hydroxyl groups is 1. The molecule has 0 unspecified atom stereocenters. The SMILES string of the molecule is CC(=O)/C=C(/C)O.[Ir].[c-]1ccc(-c2cccc(-c3ccc(-c4ccc5ccccc5c4)c4cccc(-c5ccc6ccccc6c5)c34)c2)cc1-c1nccc2ccccc12. The largest absolute Gasteiger partial charge is 0.512 e. The number of allylic oxidation sites excluding steroid dienone is 2. The van der Waals surface area contributed by atoms with E-state index in [-0.39, 0.29) is 31.6 Å². The second-order valence-electron chi connectivity index (χ2n) is 14.9. The molecule has 0 fully saturated rings. The molecule has 0 amide bonds. The number of nitrogens with zero attached hydrogens (tertiary/aromatic N) is 1. The molecule has 0 spiro atoms. The predicted molar refractivity (Wildman–Crippen MR) is 247 cm³/mol. The summed E-state index contributed by atoms with van der Waals surface area (Å²) in [4.78, 5) is 14.8. The molecule has 3 nitrogen and oxygen atoms in total. The predicted octanol–water partition coefficient (Wildman–Crippen LogP) is 14.9. The number of fused-ring (bicyclic) bond motifs is 4. The number of rotatable bonds is 6. The fourth-order valence-electron chi connectivity index (χ4n) is 8.13. The zero-order valence-corrected chi connectivity index (χ0v) is 35.6. The van der Waals surface area contributed by atoms with Crippen molar-refractivity contribution in [2.75, 3.05) is 0 Å². The molecular formula is C56H40IrNO2-. The topological polar surface area (TPSA) is 50.2 Å². The molecule has 10 rings (SSSR count). The van der Waals surface area contributed by atoms with Gasteiger partial charge in [-0.15, -0.1) is 35.4 Å². The van der Waals surface area contributed by atoms with Crippen molar-refractivity contribution in [3.8, 4) is 55.8 Å². The van der Waals surface area contributed by atoms with Crippen molar-refractivity contribution in [1.29, 1.82) is 0 Å². The zero-order valence-electron chi connectivity index (χ0n) is 33.2. The Hall–Kier alpha value is -6.97. The number of pyridine rings is 1. The summed E-state index contributed by atoms with van der Waals surface area (Å²) in [5.41, 5.74) is 11.5. The van der Waals surface area contributed by atoms with Crippen LogP contribution in [0.15, 0.2) is 206 Å². The number of carbonyl (C=O) groups is 1. The molecule has 60 heavy (non-hydrogen) atoms. The molecule has 291 valence electrons. The molecule has 0 saturated carbocycles. The molecule has 0 aliphatic heterocycles. The molecular weight excluding hydrogens is 911 g/mol. The summed E-state index contributed by atoms with van der Waals surface area (Å²) < 4.78 is 0. The van der Waals surface area contributed by atoms with Gasteiger partial charge in [0.2, 0.25) is 0 Å². The van der Waals surface area contributed by atoms with Crippen LogP contribution in [0.4, 0.5) is 0 Å². The number of carbonyl (C=O) groups excluding carboxylic acids is 1. The van der Waals surface area contributed by atoms with Gasteiger partial charge in [0.15, 0.2) is 5.78 Å². The first-order valence-electron chi connectivity index (χ1n) is 19.8. The number of aromatic nitrogens is 1. The number of benzene rings is 9. The van der Waals surface area contributed by atoms with Crippen molar-refractivity contribution >= 4 is 48.9 Å². The van der Waals surface area contributed by atoms with Crippen molar-refractivity contribution in [1.82, 2.24) is 4.98 Å². The normalized spacial score (nSPS) is 11.3. The molecule has 1 aromatic heterocycles. The summed E-state index contributed by atoms with van der Waals surface area (Å²) in [6, 6.07) is 71.5. The van der Waals surface area contributed by atoms with Crippen molar-refractivity contribution in [2.45, 2.75) is 13.8 Å². The van der Waals surface area contributed by atoms with E-state index < -0.39 is 0 Å². The summed E-state index contributed by atoms with van der Waals surface area (Å²) in [6.07, 6.45) is 3.05. The van der Waals surface area contributed by atoms with Crippen LogP contribution in [-0.4, -0.2) is 15.9 Å². The number of hydrogen-bond donors (Lipinski definition) is 1. The van der Waals surface area contributed by atoms with Crippen LogP contribution in [0.2, 0.25) is 0 Å². The van der Waals surface area contributed by atoms with Crippen LogP contribution in [-0.2, 0) is 24.9 Å². The molecule has 1 radical (unpaired) electrons. The first-order valence-corrected chi connectivity index (χ1v) is 19.8. The average molecular weight is 951 g/mol. The van der Waals surface area contributed by atoms with E-state index in [1.807, 2.05) is 12.3 Å². The van der Waals surface area contributed by atoms with Gasteiger partial charge in [-0.05, 0) is 126 Å². The van der Waals surface area contributed by atoms with Crippen LogP contribution in [0.3, 0.4) is 0 Å². The van der Waals surface area contributed by atoms with Crippen molar-refractivity contribution < 1.29 is 30.0 Å². The van der Waals surface area contributed by atoms with Crippen LogP contribution in [0, 0.1) is 6.07 Å². The zero-order chi connectivity index (χ0) is 40.3. The molecule has 10 aromatic rings. The molecule has 0 bridgehead atoms. The molecule has 0 saturated heterocycles. The van der Waals surface area contributed by atoms with E-state index in [0.717, 1.165) is 27.8 Å². The second-order valence-corrected chi connectivity index (χ2v) is 14.9. The minimum atomic E-state index is -0.125. The van der Waals surface area contributed by atoms with Crippen LogP contribution < -0.4 is 0 Å². The fourth-order valence-corrected chi connectivity index (χ4v) is 8.13. The maximum Gasteiger partial charge on any atom is 0.155 e. The first-order chi connectivity index (χ1) is 28.9. The number of aliphatic hydroxyl groups excluding tert-OH is 1. The third kappa shape index (κ3) is 8.17. The maximum absolute atomic E-state index is 10.0. The third-order valence-electron chi connectivity index (χ3n) is 10.8. The van der Waals surface area contributed by atoms with Gasteiger partial charge in [0.25, 0.3) is 0 Å². The van der Waals surface area contributed by atoms with Gasteiger partial charge in [-0.3, -0.25) is 4.79 Å². The molecule has 1 heterocycles. The van der Waals surface area contributed by atoms with Crippen LogP contribution >= 0.6 is 0 Å². The Labute approximate surface area is 363 Å². The smallest absolute Gasteiger partial charge is 0.155 e. The van der Waals surface area contributed by atoms with E-state index in [4.69, 9.17) is 10.1 Å². The van der Waals surface area contributed by atoms with E-state index in [2.05, 4.69) is 188 Å². The summed E-state index contributed by atoms with van der Waals surface area (Å²) >= 11 is 0. The minimum absolute atomic E-state index is 0. The van der Waals surface area contributed by atoms with Gasteiger partial charge in [-0.25, -0.2) is 0 Å². The van der Waals surface area contributed by atoms with E-state index in [0.29, 0.717) is 0 Å². The maximum atomic E-state index is 10.0. The monoisotopic (exact) mass is 951 g/mol. The Morgan fingerprint density at radius 2 is 1.05 bits per heavy atom. The molecule has 0 aliphatic carbocycles. The molecule has 1 N–H and O–H groups in total. The number of ketones is 1. The molecule has 4 heteroatoms. The second kappa shape index (κ2) is 17.5. The van der Waals surface area contributed by atoms with Crippen LogP contribution in [0.1, 0.15) is 13.8 Å². The summed E-state index contributed by atoms with van der Waals surface area (Å²) in [5, 5.41) is 18.1. The quantitative estimate of drug-likeness (QED) is 0.103. The van der Waals surface area contributed by atoms with E-state index in [9.17, 15) is 4.79 Å². The Morgan fingerprint density at radius 3 is 1.73 bits per heavy atom.